The Morgan fingerprint density at radius 1 is 1.22 bits per heavy atom. The van der Waals surface area contributed by atoms with Crippen molar-refractivity contribution < 1.29 is 9.53 Å². The maximum absolute atomic E-state index is 12.6. The van der Waals surface area contributed by atoms with Crippen molar-refractivity contribution in [2.45, 2.75) is 18.9 Å². The highest BCUT2D eigenvalue weighted by molar-refractivity contribution is 6.30. The molecule has 1 amide bonds. The first kappa shape index (κ1) is 15.9. The lowest BCUT2D eigenvalue weighted by Crippen LogP contribution is -2.37. The van der Waals surface area contributed by atoms with Crippen molar-refractivity contribution in [3.8, 4) is 0 Å². The molecule has 2 aromatic rings. The number of amides is 1. The highest BCUT2D eigenvalue weighted by Gasteiger charge is 2.25. The minimum atomic E-state index is -0.337. The molecule has 0 aliphatic carbocycles. The Hall–Kier alpha value is -1.98. The van der Waals surface area contributed by atoms with Crippen LogP contribution < -0.4 is 5.32 Å². The maximum Gasteiger partial charge on any atom is 0.224 e. The number of nitrogens with zero attached hydrogens (tertiary/aromatic N) is 2. The topological polar surface area (TPSA) is 64.1 Å². The van der Waals surface area contributed by atoms with E-state index in [2.05, 4.69) is 15.3 Å². The van der Waals surface area contributed by atoms with Crippen molar-refractivity contribution in [2.24, 2.45) is 5.92 Å². The lowest BCUT2D eigenvalue weighted by atomic mass is 9.97. The van der Waals surface area contributed by atoms with Gasteiger partial charge in [0, 0.05) is 36.5 Å². The number of benzene rings is 1. The molecule has 1 aromatic heterocycles. The van der Waals surface area contributed by atoms with E-state index in [4.69, 9.17) is 16.3 Å². The molecule has 3 rings (SSSR count). The molecule has 5 nitrogen and oxygen atoms in total. The van der Waals surface area contributed by atoms with Gasteiger partial charge in [-0.2, -0.15) is 0 Å². The highest BCUT2D eigenvalue weighted by atomic mass is 35.5. The van der Waals surface area contributed by atoms with Gasteiger partial charge in [0.25, 0.3) is 0 Å². The van der Waals surface area contributed by atoms with E-state index in [1.165, 1.54) is 0 Å². The Labute approximate surface area is 140 Å². The van der Waals surface area contributed by atoms with E-state index >= 15 is 0 Å². The number of carbonyl (C=O) groups excluding carboxylic acids is 1. The van der Waals surface area contributed by atoms with Gasteiger partial charge in [0.05, 0.1) is 17.9 Å². The Morgan fingerprint density at radius 2 is 1.96 bits per heavy atom. The third-order valence-corrected chi connectivity index (χ3v) is 4.21. The summed E-state index contributed by atoms with van der Waals surface area (Å²) < 4.78 is 5.32. The molecule has 1 unspecified atom stereocenters. The molecule has 0 radical (unpaired) electrons. The van der Waals surface area contributed by atoms with Crippen molar-refractivity contribution in [3.63, 3.8) is 0 Å². The quantitative estimate of drug-likeness (QED) is 0.935. The van der Waals surface area contributed by atoms with E-state index < -0.39 is 0 Å². The third kappa shape index (κ3) is 4.06. The van der Waals surface area contributed by atoms with Gasteiger partial charge in [-0.3, -0.25) is 14.8 Å². The van der Waals surface area contributed by atoms with Gasteiger partial charge < -0.3 is 10.1 Å². The number of halogens is 1. The minimum Gasteiger partial charge on any atom is -0.381 e. The Balaban J connectivity index is 1.83. The summed E-state index contributed by atoms with van der Waals surface area (Å²) in [5.74, 6) is 0.00845. The van der Waals surface area contributed by atoms with E-state index in [1.54, 1.807) is 30.7 Å². The van der Waals surface area contributed by atoms with Crippen LogP contribution in [-0.4, -0.2) is 29.1 Å². The van der Waals surface area contributed by atoms with Crippen molar-refractivity contribution in [1.29, 1.82) is 0 Å². The van der Waals surface area contributed by atoms with Crippen LogP contribution in [0.4, 0.5) is 0 Å². The van der Waals surface area contributed by atoms with Gasteiger partial charge in [0.15, 0.2) is 0 Å². The van der Waals surface area contributed by atoms with E-state index in [9.17, 15) is 4.79 Å². The van der Waals surface area contributed by atoms with Crippen molar-refractivity contribution >= 4 is 17.5 Å². The second-order valence-corrected chi connectivity index (χ2v) is 5.95. The van der Waals surface area contributed by atoms with Crippen molar-refractivity contribution in [1.82, 2.24) is 15.3 Å². The van der Waals surface area contributed by atoms with Crippen LogP contribution in [0.1, 0.15) is 30.1 Å². The molecule has 1 aliphatic rings. The van der Waals surface area contributed by atoms with E-state index in [1.807, 2.05) is 12.1 Å². The summed E-state index contributed by atoms with van der Waals surface area (Å²) in [5.41, 5.74) is 1.63. The van der Waals surface area contributed by atoms with Crippen LogP contribution in [0, 0.1) is 5.92 Å². The van der Waals surface area contributed by atoms with Gasteiger partial charge in [0.2, 0.25) is 5.91 Å². The van der Waals surface area contributed by atoms with E-state index in [0.29, 0.717) is 23.9 Å². The van der Waals surface area contributed by atoms with Crippen molar-refractivity contribution in [3.05, 3.63) is 59.1 Å². The molecule has 23 heavy (non-hydrogen) atoms. The number of rotatable bonds is 4. The van der Waals surface area contributed by atoms with Crippen LogP contribution in [0.2, 0.25) is 5.02 Å². The summed E-state index contributed by atoms with van der Waals surface area (Å²) >= 11 is 5.96. The molecule has 1 aliphatic heterocycles. The zero-order valence-electron chi connectivity index (χ0n) is 12.6. The monoisotopic (exact) mass is 331 g/mol. The number of hydrogen-bond acceptors (Lipinski definition) is 4. The average Bonchev–Trinajstić information content (AvgIpc) is 2.62. The summed E-state index contributed by atoms with van der Waals surface area (Å²) in [7, 11) is 0. The predicted octanol–water partition coefficient (Wildman–Crippen LogP) is 2.76. The van der Waals surface area contributed by atoms with Gasteiger partial charge in [-0.1, -0.05) is 23.7 Å². The standard InChI is InChI=1S/C17H18ClN3O2/c18-14-3-1-12(2-4-14)16(15-11-19-7-8-20-15)21-17(22)13-5-9-23-10-6-13/h1-4,7-8,11,13,16H,5-6,9-10H2,(H,21,22). The molecule has 1 atom stereocenters. The van der Waals surface area contributed by atoms with Crippen LogP contribution in [0.3, 0.4) is 0 Å². The number of carbonyl (C=O) groups is 1. The number of nitrogens with one attached hydrogen (secondary N) is 1. The van der Waals surface area contributed by atoms with Gasteiger partial charge in [-0.15, -0.1) is 0 Å². The fourth-order valence-corrected chi connectivity index (χ4v) is 2.79. The van der Waals surface area contributed by atoms with Gasteiger partial charge in [-0.05, 0) is 30.5 Å². The molecule has 2 heterocycles. The summed E-state index contributed by atoms with van der Waals surface area (Å²) in [6.07, 6.45) is 6.41. The van der Waals surface area contributed by atoms with Gasteiger partial charge in [-0.25, -0.2) is 0 Å². The number of hydrogen-bond donors (Lipinski definition) is 1. The lowest BCUT2D eigenvalue weighted by Gasteiger charge is -2.25. The van der Waals surface area contributed by atoms with Gasteiger partial charge in [0.1, 0.15) is 0 Å². The first-order chi connectivity index (χ1) is 11.2. The molecule has 1 fully saturated rings. The van der Waals surface area contributed by atoms with E-state index in [-0.39, 0.29) is 17.9 Å². The normalized spacial score (nSPS) is 16.7. The van der Waals surface area contributed by atoms with Crippen LogP contribution in [0.5, 0.6) is 0 Å². The summed E-state index contributed by atoms with van der Waals surface area (Å²) in [6, 6.07) is 7.07. The first-order valence-corrected chi connectivity index (χ1v) is 8.01. The second-order valence-electron chi connectivity index (χ2n) is 5.51. The minimum absolute atomic E-state index is 0.0183. The second kappa shape index (κ2) is 7.53. The lowest BCUT2D eigenvalue weighted by molar-refractivity contribution is -0.128. The zero-order valence-corrected chi connectivity index (χ0v) is 13.4. The Bertz CT molecular complexity index is 643. The van der Waals surface area contributed by atoms with Crippen molar-refractivity contribution in [2.75, 3.05) is 13.2 Å². The first-order valence-electron chi connectivity index (χ1n) is 7.63. The molecule has 0 bridgehead atoms. The predicted molar refractivity (Wildman–Crippen MR) is 87.0 cm³/mol. The summed E-state index contributed by atoms with van der Waals surface area (Å²) in [4.78, 5) is 21.0. The third-order valence-electron chi connectivity index (χ3n) is 3.96. The number of aromatic nitrogens is 2. The molecule has 0 saturated carbocycles. The van der Waals surface area contributed by atoms with Crippen LogP contribution in [0.25, 0.3) is 0 Å². The summed E-state index contributed by atoms with van der Waals surface area (Å²) in [5, 5.41) is 3.75. The van der Waals surface area contributed by atoms with Gasteiger partial charge >= 0.3 is 0 Å². The smallest absolute Gasteiger partial charge is 0.224 e. The van der Waals surface area contributed by atoms with E-state index in [0.717, 1.165) is 18.4 Å². The van der Waals surface area contributed by atoms with Crippen LogP contribution in [0.15, 0.2) is 42.9 Å². The fraction of sp³-hybridized carbons (Fsp3) is 0.353. The average molecular weight is 332 g/mol. The largest absolute Gasteiger partial charge is 0.381 e. The molecule has 1 aromatic carbocycles. The van der Waals surface area contributed by atoms with Crippen LogP contribution in [-0.2, 0) is 9.53 Å². The highest BCUT2D eigenvalue weighted by Crippen LogP contribution is 2.23. The SMILES string of the molecule is O=C(NC(c1ccc(Cl)cc1)c1cnccn1)C1CCOCC1. The Morgan fingerprint density at radius 3 is 2.61 bits per heavy atom. The molecule has 120 valence electrons. The molecule has 0 spiro atoms. The molecule has 1 saturated heterocycles. The molecule has 1 N–H and O–H groups in total. The number of ether oxygens (including phenoxy) is 1. The Kier molecular flexibility index (Phi) is 5.20. The fourth-order valence-electron chi connectivity index (χ4n) is 2.66. The molecular formula is C17H18ClN3O2. The maximum atomic E-state index is 12.6. The van der Waals surface area contributed by atoms with Crippen LogP contribution >= 0.6 is 11.6 Å². The zero-order chi connectivity index (χ0) is 16.1. The molecular weight excluding hydrogens is 314 g/mol. The summed E-state index contributed by atoms with van der Waals surface area (Å²) in [6.45, 7) is 1.27. The molecule has 6 heteroatoms.